The molecule has 37 heavy (non-hydrogen) atoms. The third-order valence-corrected chi connectivity index (χ3v) is 6.42. The van der Waals surface area contributed by atoms with Crippen LogP contribution in [0.4, 0.5) is 16.0 Å². The lowest BCUT2D eigenvalue weighted by Gasteiger charge is -2.16. The van der Waals surface area contributed by atoms with Gasteiger partial charge in [0.1, 0.15) is 17.3 Å². The van der Waals surface area contributed by atoms with E-state index in [0.717, 1.165) is 29.8 Å². The molecular formula is C29H34FN5O2. The number of ether oxygens (including phenoxy) is 1. The number of carbonyl (C=O) groups excluding carboxylic acids is 1. The van der Waals surface area contributed by atoms with Crippen molar-refractivity contribution >= 4 is 28.5 Å². The number of hydrogen-bond acceptors (Lipinski definition) is 6. The number of nitrogens with zero attached hydrogens (tertiary/aromatic N) is 4. The highest BCUT2D eigenvalue weighted by molar-refractivity contribution is 5.82. The van der Waals surface area contributed by atoms with Gasteiger partial charge in [-0.25, -0.2) is 9.37 Å². The molecule has 0 unspecified atom stereocenters. The number of likely N-dealkylation sites (N-methyl/N-ethyl adjacent to an activating group) is 1. The Morgan fingerprint density at radius 2 is 1.84 bits per heavy atom. The molecule has 0 atom stereocenters. The van der Waals surface area contributed by atoms with E-state index in [-0.39, 0.29) is 23.9 Å². The van der Waals surface area contributed by atoms with E-state index in [9.17, 15) is 9.18 Å². The van der Waals surface area contributed by atoms with Gasteiger partial charge in [-0.1, -0.05) is 27.7 Å². The summed E-state index contributed by atoms with van der Waals surface area (Å²) < 4.78 is 22.1. The third-order valence-electron chi connectivity index (χ3n) is 6.42. The van der Waals surface area contributed by atoms with Crippen molar-refractivity contribution in [2.45, 2.75) is 40.0 Å². The standard InChI is InChI=1S/C29H34FN5O2/c1-6-35(7-2)18-22(36)14-21-15-24(12-13-31-21)37-23-9-11-28-27(17-23)33-29(34(28)5)32-20-8-10-26(30)25(16-20)19(3)4/h8-13,15-17,19H,6-7,14,18H2,1-5H3,(H,32,33). The predicted octanol–water partition coefficient (Wildman–Crippen LogP) is 6.22. The normalized spacial score (nSPS) is 11.5. The number of pyridine rings is 1. The van der Waals surface area contributed by atoms with Crippen molar-refractivity contribution in [1.29, 1.82) is 0 Å². The number of imidazole rings is 1. The number of aromatic nitrogens is 3. The van der Waals surface area contributed by atoms with Crippen LogP contribution in [0, 0.1) is 5.82 Å². The zero-order valence-electron chi connectivity index (χ0n) is 22.1. The largest absolute Gasteiger partial charge is 0.457 e. The van der Waals surface area contributed by atoms with Gasteiger partial charge in [0, 0.05) is 31.1 Å². The molecule has 0 bridgehead atoms. The molecule has 4 rings (SSSR count). The molecule has 0 radical (unpaired) electrons. The molecule has 0 fully saturated rings. The second kappa shape index (κ2) is 11.5. The van der Waals surface area contributed by atoms with Crippen molar-refractivity contribution < 1.29 is 13.9 Å². The second-order valence-electron chi connectivity index (χ2n) is 9.42. The number of Topliss-reactive ketones (excluding diaryl/α,β-unsaturated/α-hetero) is 1. The Morgan fingerprint density at radius 1 is 1.08 bits per heavy atom. The highest BCUT2D eigenvalue weighted by atomic mass is 19.1. The van der Waals surface area contributed by atoms with Crippen LogP contribution in [0.25, 0.3) is 11.0 Å². The molecule has 4 aromatic rings. The fraction of sp³-hybridized carbons (Fsp3) is 0.345. The van der Waals surface area contributed by atoms with Gasteiger partial charge in [-0.3, -0.25) is 14.7 Å². The maximum absolute atomic E-state index is 14.1. The number of hydrogen-bond donors (Lipinski definition) is 1. The minimum atomic E-state index is -0.208. The van der Waals surface area contributed by atoms with Gasteiger partial charge in [-0.15, -0.1) is 0 Å². The molecule has 0 spiro atoms. The third kappa shape index (κ3) is 6.32. The zero-order chi connectivity index (χ0) is 26.5. The van der Waals surface area contributed by atoms with Gasteiger partial charge in [0.2, 0.25) is 5.95 Å². The Bertz CT molecular complexity index is 1390. The molecule has 1 N–H and O–H groups in total. The van der Waals surface area contributed by atoms with Gasteiger partial charge < -0.3 is 14.6 Å². The summed E-state index contributed by atoms with van der Waals surface area (Å²) in [6.45, 7) is 10.1. The first-order valence-corrected chi connectivity index (χ1v) is 12.7. The van der Waals surface area contributed by atoms with Crippen molar-refractivity contribution in [3.05, 3.63) is 71.8 Å². The monoisotopic (exact) mass is 503 g/mol. The van der Waals surface area contributed by atoms with Crippen molar-refractivity contribution in [3.63, 3.8) is 0 Å². The van der Waals surface area contributed by atoms with Gasteiger partial charge in [0.25, 0.3) is 0 Å². The lowest BCUT2D eigenvalue weighted by atomic mass is 10.0. The van der Waals surface area contributed by atoms with Crippen LogP contribution >= 0.6 is 0 Å². The van der Waals surface area contributed by atoms with Crippen LogP contribution in [0.5, 0.6) is 11.5 Å². The van der Waals surface area contributed by atoms with Crippen LogP contribution in [0.2, 0.25) is 0 Å². The van der Waals surface area contributed by atoms with Crippen LogP contribution in [-0.2, 0) is 18.3 Å². The molecule has 0 saturated carbocycles. The highest BCUT2D eigenvalue weighted by Gasteiger charge is 2.13. The number of fused-ring (bicyclic) bond motifs is 1. The van der Waals surface area contributed by atoms with Crippen LogP contribution in [0.15, 0.2) is 54.7 Å². The lowest BCUT2D eigenvalue weighted by Crippen LogP contribution is -2.30. The van der Waals surface area contributed by atoms with Crippen LogP contribution in [-0.4, -0.2) is 44.9 Å². The molecule has 7 nitrogen and oxygen atoms in total. The SMILES string of the molecule is CCN(CC)CC(=O)Cc1cc(Oc2ccc3c(c2)nc(Nc2ccc(F)c(C(C)C)c2)n3C)ccn1. The Balaban J connectivity index is 1.49. The van der Waals surface area contributed by atoms with Crippen molar-refractivity contribution in [1.82, 2.24) is 19.4 Å². The maximum Gasteiger partial charge on any atom is 0.208 e. The zero-order valence-corrected chi connectivity index (χ0v) is 22.1. The minimum absolute atomic E-state index is 0.0797. The molecule has 2 aromatic carbocycles. The molecule has 0 aliphatic carbocycles. The van der Waals surface area contributed by atoms with Crippen molar-refractivity contribution in [2.24, 2.45) is 7.05 Å². The van der Waals surface area contributed by atoms with E-state index in [1.807, 2.05) is 63.6 Å². The highest BCUT2D eigenvalue weighted by Crippen LogP contribution is 2.29. The predicted molar refractivity (Wildman–Crippen MR) is 145 cm³/mol. The van der Waals surface area contributed by atoms with E-state index < -0.39 is 0 Å². The molecule has 2 heterocycles. The van der Waals surface area contributed by atoms with Gasteiger partial charge >= 0.3 is 0 Å². The number of nitrogens with one attached hydrogen (secondary N) is 1. The summed E-state index contributed by atoms with van der Waals surface area (Å²) in [4.78, 5) is 23.6. The first-order valence-electron chi connectivity index (χ1n) is 12.7. The van der Waals surface area contributed by atoms with Gasteiger partial charge in [-0.05, 0) is 61.0 Å². The number of carbonyl (C=O) groups is 1. The van der Waals surface area contributed by atoms with E-state index in [1.165, 1.54) is 6.07 Å². The Hall–Kier alpha value is -3.78. The van der Waals surface area contributed by atoms with E-state index in [2.05, 4.69) is 15.2 Å². The summed E-state index contributed by atoms with van der Waals surface area (Å²) in [6.07, 6.45) is 1.93. The average Bonchev–Trinajstić information content (AvgIpc) is 3.17. The van der Waals surface area contributed by atoms with Gasteiger partial charge in [0.15, 0.2) is 5.78 Å². The fourth-order valence-corrected chi connectivity index (χ4v) is 4.25. The van der Waals surface area contributed by atoms with Gasteiger partial charge in [-0.2, -0.15) is 0 Å². The van der Waals surface area contributed by atoms with E-state index in [1.54, 1.807) is 24.4 Å². The van der Waals surface area contributed by atoms with Crippen molar-refractivity contribution in [2.75, 3.05) is 25.0 Å². The quantitative estimate of drug-likeness (QED) is 0.262. The van der Waals surface area contributed by atoms with E-state index in [4.69, 9.17) is 9.72 Å². The molecule has 0 amide bonds. The molecule has 0 saturated heterocycles. The molecule has 0 aliphatic rings. The Morgan fingerprint density at radius 3 is 2.57 bits per heavy atom. The molecule has 0 aliphatic heterocycles. The second-order valence-corrected chi connectivity index (χ2v) is 9.42. The number of halogens is 1. The molecular weight excluding hydrogens is 469 g/mol. The number of benzene rings is 2. The summed E-state index contributed by atoms with van der Waals surface area (Å²) >= 11 is 0. The number of aryl methyl sites for hydroxylation is 1. The summed E-state index contributed by atoms with van der Waals surface area (Å²) in [5.41, 5.74) is 3.81. The first kappa shape index (κ1) is 26.3. The molecule has 8 heteroatoms. The van der Waals surface area contributed by atoms with Crippen LogP contribution in [0.3, 0.4) is 0 Å². The Labute approximate surface area is 217 Å². The van der Waals surface area contributed by atoms with E-state index >= 15 is 0 Å². The van der Waals surface area contributed by atoms with Gasteiger partial charge in [0.05, 0.1) is 29.7 Å². The van der Waals surface area contributed by atoms with Crippen LogP contribution in [0.1, 0.15) is 44.9 Å². The van der Waals surface area contributed by atoms with Crippen LogP contribution < -0.4 is 10.1 Å². The van der Waals surface area contributed by atoms with Crippen molar-refractivity contribution in [3.8, 4) is 11.5 Å². The minimum Gasteiger partial charge on any atom is -0.457 e. The first-order chi connectivity index (χ1) is 17.8. The number of ketones is 1. The topological polar surface area (TPSA) is 72.3 Å². The number of anilines is 2. The summed E-state index contributed by atoms with van der Waals surface area (Å²) in [7, 11) is 1.93. The Kier molecular flexibility index (Phi) is 8.18. The summed E-state index contributed by atoms with van der Waals surface area (Å²) in [6, 6.07) is 14.3. The number of rotatable bonds is 11. The fourth-order valence-electron chi connectivity index (χ4n) is 4.25. The molecule has 2 aromatic heterocycles. The summed E-state index contributed by atoms with van der Waals surface area (Å²) in [5.74, 6) is 1.89. The maximum atomic E-state index is 14.1. The average molecular weight is 504 g/mol. The lowest BCUT2D eigenvalue weighted by molar-refractivity contribution is -0.119. The smallest absolute Gasteiger partial charge is 0.208 e. The summed E-state index contributed by atoms with van der Waals surface area (Å²) in [5, 5.41) is 3.30. The van der Waals surface area contributed by atoms with E-state index in [0.29, 0.717) is 35.2 Å². The molecule has 194 valence electrons.